The van der Waals surface area contributed by atoms with E-state index in [1.165, 1.54) is 0 Å². The van der Waals surface area contributed by atoms with Gasteiger partial charge in [0, 0.05) is 18.2 Å². The van der Waals surface area contributed by atoms with Crippen LogP contribution in [0.2, 0.25) is 0 Å². The molecule has 1 fully saturated rings. The zero-order chi connectivity index (χ0) is 14.6. The van der Waals surface area contributed by atoms with Crippen molar-refractivity contribution < 1.29 is 8.42 Å². The fraction of sp³-hybridized carbons (Fsp3) is 0.769. The molecule has 0 amide bonds. The van der Waals surface area contributed by atoms with Crippen molar-refractivity contribution in [3.8, 4) is 0 Å². The third kappa shape index (κ3) is 3.80. The first-order valence-corrected chi connectivity index (χ1v) is 8.76. The normalized spacial score (nSPS) is 23.9. The van der Waals surface area contributed by atoms with Crippen molar-refractivity contribution >= 4 is 10.0 Å². The Kier molecular flexibility index (Phi) is 5.17. The lowest BCUT2D eigenvalue weighted by atomic mass is 9.88. The van der Waals surface area contributed by atoms with Gasteiger partial charge in [-0.1, -0.05) is 13.8 Å². The second kappa shape index (κ2) is 6.69. The topological polar surface area (TPSA) is 86.9 Å². The van der Waals surface area contributed by atoms with Crippen LogP contribution in [0.25, 0.3) is 0 Å². The Labute approximate surface area is 120 Å². The number of hydrogen-bond acceptors (Lipinski definition) is 4. The first kappa shape index (κ1) is 15.5. The van der Waals surface area contributed by atoms with Crippen LogP contribution >= 0.6 is 0 Å². The van der Waals surface area contributed by atoms with Crippen molar-refractivity contribution in [2.45, 2.75) is 57.1 Å². The van der Waals surface area contributed by atoms with Gasteiger partial charge in [-0.2, -0.15) is 5.10 Å². The van der Waals surface area contributed by atoms with E-state index >= 15 is 0 Å². The van der Waals surface area contributed by atoms with Gasteiger partial charge in [0.1, 0.15) is 0 Å². The van der Waals surface area contributed by atoms with E-state index in [1.54, 1.807) is 6.20 Å². The molecule has 0 unspecified atom stereocenters. The molecule has 1 saturated carbocycles. The molecule has 0 radical (unpaired) electrons. The second-order valence-electron chi connectivity index (χ2n) is 5.58. The number of hydrogen-bond donors (Lipinski definition) is 3. The van der Waals surface area contributed by atoms with E-state index in [1.807, 2.05) is 6.92 Å². The fourth-order valence-corrected chi connectivity index (χ4v) is 4.01. The summed E-state index contributed by atoms with van der Waals surface area (Å²) < 4.78 is 27.6. The monoisotopic (exact) mass is 300 g/mol. The molecular formula is C13H24N4O2S. The van der Waals surface area contributed by atoms with Crippen LogP contribution in [0.15, 0.2) is 11.2 Å². The van der Waals surface area contributed by atoms with Gasteiger partial charge in [0.05, 0.1) is 6.20 Å². The molecule has 1 aromatic rings. The summed E-state index contributed by atoms with van der Waals surface area (Å²) in [5, 5.41) is 9.79. The molecule has 1 aromatic heterocycles. The van der Waals surface area contributed by atoms with Crippen molar-refractivity contribution in [1.29, 1.82) is 0 Å². The van der Waals surface area contributed by atoms with Gasteiger partial charge >= 0.3 is 0 Å². The maximum Gasteiger partial charge on any atom is 0.258 e. The van der Waals surface area contributed by atoms with E-state index in [4.69, 9.17) is 0 Å². The number of sulfonamides is 1. The Morgan fingerprint density at radius 3 is 2.70 bits per heavy atom. The van der Waals surface area contributed by atoms with Crippen LogP contribution in [0.1, 0.15) is 45.1 Å². The van der Waals surface area contributed by atoms with Crippen LogP contribution in [0.3, 0.4) is 0 Å². The van der Waals surface area contributed by atoms with Crippen molar-refractivity contribution in [1.82, 2.24) is 20.2 Å². The van der Waals surface area contributed by atoms with Crippen LogP contribution in [0, 0.1) is 5.92 Å². The molecule has 0 aliphatic heterocycles. The highest BCUT2D eigenvalue weighted by atomic mass is 32.2. The van der Waals surface area contributed by atoms with E-state index in [2.05, 4.69) is 27.2 Å². The predicted octanol–water partition coefficient (Wildman–Crippen LogP) is 1.38. The molecule has 0 aromatic carbocycles. The summed E-state index contributed by atoms with van der Waals surface area (Å²) in [6.45, 7) is 5.49. The lowest BCUT2D eigenvalue weighted by Crippen LogP contribution is -2.38. The van der Waals surface area contributed by atoms with Gasteiger partial charge in [-0.3, -0.25) is 5.10 Å². The van der Waals surface area contributed by atoms with Gasteiger partial charge in [0.15, 0.2) is 5.03 Å². The smallest absolute Gasteiger partial charge is 0.258 e. The van der Waals surface area contributed by atoms with E-state index in [0.29, 0.717) is 18.0 Å². The Morgan fingerprint density at radius 1 is 1.35 bits per heavy atom. The van der Waals surface area contributed by atoms with Crippen molar-refractivity contribution in [2.24, 2.45) is 5.92 Å². The summed E-state index contributed by atoms with van der Waals surface area (Å²) in [6.07, 6.45) is 5.56. The van der Waals surface area contributed by atoms with Crippen molar-refractivity contribution in [2.75, 3.05) is 6.54 Å². The minimum atomic E-state index is -3.50. The molecule has 114 valence electrons. The van der Waals surface area contributed by atoms with E-state index in [0.717, 1.165) is 32.2 Å². The molecule has 2 rings (SSSR count). The Hall–Kier alpha value is -0.920. The van der Waals surface area contributed by atoms with E-state index in [-0.39, 0.29) is 11.1 Å². The van der Waals surface area contributed by atoms with Gasteiger partial charge in [0.2, 0.25) is 0 Å². The Balaban J connectivity index is 2.04. The van der Waals surface area contributed by atoms with Gasteiger partial charge in [0.25, 0.3) is 10.0 Å². The molecule has 7 heteroatoms. The minimum absolute atomic E-state index is 0.0477. The summed E-state index contributed by atoms with van der Waals surface area (Å²) in [5.74, 6) is 0.701. The van der Waals surface area contributed by atoms with Gasteiger partial charge in [-0.05, 0) is 38.1 Å². The van der Waals surface area contributed by atoms with Gasteiger partial charge < -0.3 is 5.32 Å². The highest BCUT2D eigenvalue weighted by molar-refractivity contribution is 7.89. The highest BCUT2D eigenvalue weighted by Gasteiger charge is 2.26. The molecule has 0 saturated heterocycles. The van der Waals surface area contributed by atoms with E-state index in [9.17, 15) is 8.42 Å². The van der Waals surface area contributed by atoms with Crippen LogP contribution < -0.4 is 10.0 Å². The molecule has 1 aliphatic carbocycles. The number of nitrogens with zero attached hydrogens (tertiary/aromatic N) is 1. The average molecular weight is 300 g/mol. The molecule has 6 nitrogen and oxygen atoms in total. The first-order valence-electron chi connectivity index (χ1n) is 7.28. The lowest BCUT2D eigenvalue weighted by Gasteiger charge is -2.26. The van der Waals surface area contributed by atoms with Gasteiger partial charge in [-0.25, -0.2) is 13.1 Å². The highest BCUT2D eigenvalue weighted by Crippen LogP contribution is 2.24. The second-order valence-corrected chi connectivity index (χ2v) is 7.23. The van der Waals surface area contributed by atoms with Crippen LogP contribution in [0.5, 0.6) is 0 Å². The van der Waals surface area contributed by atoms with E-state index < -0.39 is 10.0 Å². The fourth-order valence-electron chi connectivity index (χ4n) is 2.57. The standard InChI is InChI=1S/C13H24N4O2S/c1-3-14-8-11-9-15-16-13(11)20(18,19)17-12-6-4-10(2)5-7-12/h9-10,12,14,17H,3-8H2,1-2H3,(H,15,16). The third-order valence-electron chi connectivity index (χ3n) is 3.85. The zero-order valence-electron chi connectivity index (χ0n) is 12.1. The maximum atomic E-state index is 12.4. The Bertz CT molecular complexity index is 518. The summed E-state index contributed by atoms with van der Waals surface area (Å²) in [7, 11) is -3.50. The Morgan fingerprint density at radius 2 is 2.05 bits per heavy atom. The SMILES string of the molecule is CCNCc1cn[nH]c1S(=O)(=O)NC1CCC(C)CC1. The van der Waals surface area contributed by atoms with Crippen LogP contribution in [-0.4, -0.2) is 31.2 Å². The maximum absolute atomic E-state index is 12.4. The number of H-pyrrole nitrogens is 1. The molecular weight excluding hydrogens is 276 g/mol. The first-order chi connectivity index (χ1) is 9.53. The van der Waals surface area contributed by atoms with Crippen LogP contribution in [0.4, 0.5) is 0 Å². The number of aromatic nitrogens is 2. The zero-order valence-corrected chi connectivity index (χ0v) is 13.0. The van der Waals surface area contributed by atoms with Crippen LogP contribution in [-0.2, 0) is 16.6 Å². The number of rotatable bonds is 6. The quantitative estimate of drug-likeness (QED) is 0.740. The molecule has 1 heterocycles. The summed E-state index contributed by atoms with van der Waals surface area (Å²) in [6, 6.07) is 0.0477. The lowest BCUT2D eigenvalue weighted by molar-refractivity contribution is 0.332. The predicted molar refractivity (Wildman–Crippen MR) is 77.7 cm³/mol. The summed E-state index contributed by atoms with van der Waals surface area (Å²) >= 11 is 0. The molecule has 1 aliphatic rings. The minimum Gasteiger partial charge on any atom is -0.313 e. The van der Waals surface area contributed by atoms with Crippen molar-refractivity contribution in [3.63, 3.8) is 0 Å². The average Bonchev–Trinajstić information content (AvgIpc) is 2.88. The largest absolute Gasteiger partial charge is 0.313 e. The molecule has 20 heavy (non-hydrogen) atoms. The summed E-state index contributed by atoms with van der Waals surface area (Å²) in [5.41, 5.74) is 0.684. The van der Waals surface area contributed by atoms with Crippen molar-refractivity contribution in [3.05, 3.63) is 11.8 Å². The third-order valence-corrected chi connectivity index (χ3v) is 5.38. The number of nitrogens with one attached hydrogen (secondary N) is 3. The molecule has 0 atom stereocenters. The molecule has 0 spiro atoms. The van der Waals surface area contributed by atoms with Gasteiger partial charge in [-0.15, -0.1) is 0 Å². The molecule has 3 N–H and O–H groups in total. The molecule has 0 bridgehead atoms. The number of aromatic amines is 1. The summed E-state index contributed by atoms with van der Waals surface area (Å²) in [4.78, 5) is 0.